The van der Waals surface area contributed by atoms with E-state index >= 15 is 0 Å². The minimum atomic E-state index is -4.94. The van der Waals surface area contributed by atoms with Crippen LogP contribution in [0.5, 0.6) is 0 Å². The molecule has 19 heteroatoms. The number of carbonyl (C=O) groups is 4. The van der Waals surface area contributed by atoms with E-state index in [-0.39, 0.29) is 25.7 Å². The van der Waals surface area contributed by atoms with Gasteiger partial charge >= 0.3 is 39.5 Å². The molecule has 3 N–H and O–H groups in total. The van der Waals surface area contributed by atoms with E-state index in [4.69, 9.17) is 37.0 Å². The highest BCUT2D eigenvalue weighted by molar-refractivity contribution is 7.47. The van der Waals surface area contributed by atoms with Crippen LogP contribution in [0.4, 0.5) is 0 Å². The standard InChI is InChI=1S/C60H116O17P2/c1-9-52(7)38-30-22-15-18-25-33-41-58(63)71-47-56(77-60(65)43-35-27-19-16-23-31-39-53(8)10-2)49-75-79(68,69)73-45-54(61)44-72-78(66,67)74-48-55(76-59(64)42-34-26-17-14-21-29-37-51(5)6)46-70-57(62)40-32-24-13-11-12-20-28-36-50(3)4/h50-56,61H,9-49H2,1-8H3,(H,66,67)(H,68,69)/t52?,53?,54?,55-,56-/m1/s1. The maximum atomic E-state index is 12.9. The Balaban J connectivity index is 5.26. The normalized spacial score (nSPS) is 15.3. The predicted molar refractivity (Wildman–Crippen MR) is 312 cm³/mol. The molecule has 0 amide bonds. The van der Waals surface area contributed by atoms with Gasteiger partial charge in [-0.25, -0.2) is 9.13 Å². The average molecular weight is 1170 g/mol. The molecule has 0 aromatic heterocycles. The first-order valence-electron chi connectivity index (χ1n) is 31.3. The number of hydrogen-bond acceptors (Lipinski definition) is 15. The van der Waals surface area contributed by atoms with E-state index in [0.717, 1.165) is 115 Å². The van der Waals surface area contributed by atoms with Crippen molar-refractivity contribution in [3.8, 4) is 0 Å². The number of carbonyl (C=O) groups excluding carboxylic acids is 4. The van der Waals surface area contributed by atoms with Gasteiger partial charge in [-0.3, -0.25) is 37.3 Å². The molecule has 0 radical (unpaired) electrons. The number of ether oxygens (including phenoxy) is 4. The molecule has 0 bridgehead atoms. The minimum absolute atomic E-state index is 0.100. The summed E-state index contributed by atoms with van der Waals surface area (Å²) in [5.41, 5.74) is 0. The molecule has 5 unspecified atom stereocenters. The second-order valence-corrected chi connectivity index (χ2v) is 26.1. The van der Waals surface area contributed by atoms with E-state index in [1.165, 1.54) is 70.6 Å². The van der Waals surface area contributed by atoms with Crippen LogP contribution in [0, 0.1) is 23.7 Å². The summed E-state index contributed by atoms with van der Waals surface area (Å²) in [4.78, 5) is 71.9. The number of esters is 4. The average Bonchev–Trinajstić information content (AvgIpc) is 3.40. The summed E-state index contributed by atoms with van der Waals surface area (Å²) >= 11 is 0. The Bertz CT molecular complexity index is 1600. The van der Waals surface area contributed by atoms with Crippen LogP contribution in [0.15, 0.2) is 0 Å². The second kappa shape index (κ2) is 50.6. The molecule has 468 valence electrons. The van der Waals surface area contributed by atoms with E-state index in [9.17, 15) is 43.2 Å². The van der Waals surface area contributed by atoms with Gasteiger partial charge in [-0.05, 0) is 49.4 Å². The third-order valence-corrected chi connectivity index (χ3v) is 16.2. The Morgan fingerprint density at radius 1 is 0.354 bits per heavy atom. The smallest absolute Gasteiger partial charge is 0.462 e. The van der Waals surface area contributed by atoms with E-state index in [1.54, 1.807) is 0 Å². The number of phosphoric ester groups is 2. The number of hydrogen-bond donors (Lipinski definition) is 3. The van der Waals surface area contributed by atoms with Crippen LogP contribution in [0.25, 0.3) is 0 Å². The molecule has 0 aliphatic heterocycles. The first-order valence-corrected chi connectivity index (χ1v) is 34.3. The molecule has 79 heavy (non-hydrogen) atoms. The van der Waals surface area contributed by atoms with E-state index in [2.05, 4.69) is 55.4 Å². The summed E-state index contributed by atoms with van der Waals surface area (Å²) in [7, 11) is -9.88. The van der Waals surface area contributed by atoms with Gasteiger partial charge in [-0.2, -0.15) is 0 Å². The number of rotatable bonds is 57. The maximum absolute atomic E-state index is 12.9. The zero-order chi connectivity index (χ0) is 59.0. The molecule has 0 aliphatic carbocycles. The second-order valence-electron chi connectivity index (χ2n) is 23.2. The summed E-state index contributed by atoms with van der Waals surface area (Å²) in [6.07, 6.45) is 28.3. The fourth-order valence-electron chi connectivity index (χ4n) is 8.66. The summed E-state index contributed by atoms with van der Waals surface area (Å²) in [6, 6.07) is 0. The monoisotopic (exact) mass is 1170 g/mol. The van der Waals surface area contributed by atoms with Crippen LogP contribution < -0.4 is 0 Å². The van der Waals surface area contributed by atoms with Gasteiger partial charge in [0, 0.05) is 25.7 Å². The molecule has 0 aliphatic rings. The summed E-state index contributed by atoms with van der Waals surface area (Å²) in [6.45, 7) is 13.8. The molecule has 0 aromatic carbocycles. The molecular formula is C60H116O17P2. The Morgan fingerprint density at radius 3 is 0.899 bits per heavy atom. The number of unbranched alkanes of at least 4 members (excludes halogenated alkanes) is 21. The minimum Gasteiger partial charge on any atom is -0.462 e. The Hall–Kier alpha value is -1.94. The quantitative estimate of drug-likeness (QED) is 0.0222. The Morgan fingerprint density at radius 2 is 0.608 bits per heavy atom. The first kappa shape index (κ1) is 77.1. The van der Waals surface area contributed by atoms with Gasteiger partial charge < -0.3 is 33.8 Å². The molecule has 0 aromatic rings. The van der Waals surface area contributed by atoms with Crippen molar-refractivity contribution in [2.45, 2.75) is 298 Å². The summed E-state index contributed by atoms with van der Waals surface area (Å²) in [5.74, 6) is 0.673. The van der Waals surface area contributed by atoms with Crippen LogP contribution in [0.1, 0.15) is 280 Å². The lowest BCUT2D eigenvalue weighted by molar-refractivity contribution is -0.161. The molecule has 0 saturated carbocycles. The number of phosphoric acid groups is 2. The lowest BCUT2D eigenvalue weighted by atomic mass is 10.00. The highest BCUT2D eigenvalue weighted by atomic mass is 31.2. The summed E-state index contributed by atoms with van der Waals surface area (Å²) in [5, 5.41) is 10.5. The Kier molecular flexibility index (Phi) is 49.3. The molecule has 0 rings (SSSR count). The van der Waals surface area contributed by atoms with Crippen molar-refractivity contribution in [1.29, 1.82) is 0 Å². The highest BCUT2D eigenvalue weighted by Crippen LogP contribution is 2.45. The van der Waals surface area contributed by atoms with Crippen molar-refractivity contribution < 1.29 is 80.2 Å². The zero-order valence-electron chi connectivity index (χ0n) is 51.0. The van der Waals surface area contributed by atoms with Crippen molar-refractivity contribution in [2.24, 2.45) is 23.7 Å². The third-order valence-electron chi connectivity index (χ3n) is 14.3. The maximum Gasteiger partial charge on any atom is 0.472 e. The van der Waals surface area contributed by atoms with Crippen molar-refractivity contribution in [3.63, 3.8) is 0 Å². The van der Waals surface area contributed by atoms with Crippen LogP contribution >= 0.6 is 15.6 Å². The first-order chi connectivity index (χ1) is 37.7. The molecule has 7 atom stereocenters. The van der Waals surface area contributed by atoms with E-state index in [0.29, 0.717) is 37.5 Å². The topological polar surface area (TPSA) is 237 Å². The van der Waals surface area contributed by atoms with Crippen molar-refractivity contribution in [1.82, 2.24) is 0 Å². The number of aliphatic hydroxyl groups is 1. The Labute approximate surface area is 479 Å². The van der Waals surface area contributed by atoms with Crippen LogP contribution in [0.2, 0.25) is 0 Å². The van der Waals surface area contributed by atoms with E-state index in [1.807, 2.05) is 0 Å². The van der Waals surface area contributed by atoms with Gasteiger partial charge in [0.1, 0.15) is 19.3 Å². The number of aliphatic hydroxyl groups excluding tert-OH is 1. The lowest BCUT2D eigenvalue weighted by Crippen LogP contribution is -2.30. The van der Waals surface area contributed by atoms with Crippen LogP contribution in [-0.4, -0.2) is 96.7 Å². The van der Waals surface area contributed by atoms with Gasteiger partial charge in [0.2, 0.25) is 0 Å². The fourth-order valence-corrected chi connectivity index (χ4v) is 10.2. The van der Waals surface area contributed by atoms with E-state index < -0.39 is 97.5 Å². The van der Waals surface area contributed by atoms with Crippen LogP contribution in [-0.2, 0) is 65.4 Å². The predicted octanol–water partition coefficient (Wildman–Crippen LogP) is 15.8. The van der Waals surface area contributed by atoms with Gasteiger partial charge in [0.05, 0.1) is 26.4 Å². The SMILES string of the molecule is CCC(C)CCCCCCCCC(=O)OC[C@H](COP(=O)(O)OCC(O)COP(=O)(O)OC[C@@H](COC(=O)CCCCCCCCCC(C)C)OC(=O)CCCCCCCCC(C)C)OC(=O)CCCCCCCCC(C)CC. The van der Waals surface area contributed by atoms with Crippen LogP contribution in [0.3, 0.4) is 0 Å². The zero-order valence-corrected chi connectivity index (χ0v) is 52.8. The third kappa shape index (κ3) is 52.6. The molecule has 17 nitrogen and oxygen atoms in total. The molecule has 0 saturated heterocycles. The fraction of sp³-hybridized carbons (Fsp3) is 0.933. The van der Waals surface area contributed by atoms with Gasteiger partial charge in [-0.1, -0.05) is 229 Å². The van der Waals surface area contributed by atoms with Crippen molar-refractivity contribution in [2.75, 3.05) is 39.6 Å². The summed E-state index contributed by atoms with van der Waals surface area (Å²) < 4.78 is 67.7. The van der Waals surface area contributed by atoms with Gasteiger partial charge in [-0.15, -0.1) is 0 Å². The molecule has 0 fully saturated rings. The van der Waals surface area contributed by atoms with Crippen molar-refractivity contribution in [3.05, 3.63) is 0 Å². The van der Waals surface area contributed by atoms with Gasteiger partial charge in [0.15, 0.2) is 12.2 Å². The molecule has 0 heterocycles. The highest BCUT2D eigenvalue weighted by Gasteiger charge is 2.30. The largest absolute Gasteiger partial charge is 0.472 e. The van der Waals surface area contributed by atoms with Crippen molar-refractivity contribution >= 4 is 39.5 Å². The lowest BCUT2D eigenvalue weighted by Gasteiger charge is -2.21. The molecule has 0 spiro atoms. The van der Waals surface area contributed by atoms with Gasteiger partial charge in [0.25, 0.3) is 0 Å². The molecular weight excluding hydrogens is 1050 g/mol.